The van der Waals surface area contributed by atoms with Gasteiger partial charge in [-0.15, -0.1) is 6.58 Å². The molecule has 0 radical (unpaired) electrons. The molecule has 0 aromatic carbocycles. The molecule has 0 N–H and O–H groups in total. The van der Waals surface area contributed by atoms with Crippen LogP contribution in [0.5, 0.6) is 0 Å². The van der Waals surface area contributed by atoms with Crippen molar-refractivity contribution in [3.05, 3.63) is 36.5 Å². The Morgan fingerprint density at radius 2 is 2.13 bits per heavy atom. The van der Waals surface area contributed by atoms with Crippen molar-refractivity contribution in [1.29, 1.82) is 0 Å². The van der Waals surface area contributed by atoms with Gasteiger partial charge in [0, 0.05) is 0 Å². The maximum Gasteiger partial charge on any atom is 0.145 e. The van der Waals surface area contributed by atoms with Gasteiger partial charge in [-0.2, -0.15) is 0 Å². The lowest BCUT2D eigenvalue weighted by Gasteiger charge is -2.39. The number of allylic oxidation sites excluding steroid dienone is 4. The van der Waals surface area contributed by atoms with Crippen LogP contribution in [0, 0.1) is 17.8 Å². The molecule has 1 fully saturated rings. The van der Waals surface area contributed by atoms with Crippen LogP contribution in [0.2, 0.25) is 0 Å². The first-order valence-corrected chi connectivity index (χ1v) is 5.72. The minimum absolute atomic E-state index is 0.484. The summed E-state index contributed by atoms with van der Waals surface area (Å²) in [7, 11) is 0. The molecule has 0 amide bonds. The molecule has 0 unspecified atom stereocenters. The molecule has 2 aliphatic rings. The standard InChI is InChI=1S/C14H18O/c1-3-12-6-4-10(2)13-7-5-11(9-15)8-14(12)13/h3,8-9,12-14H,1-2,4-7H2/t12-,13+,14+/m1/s1. The highest BCUT2D eigenvalue weighted by molar-refractivity contribution is 5.73. The molecule has 0 bridgehead atoms. The summed E-state index contributed by atoms with van der Waals surface area (Å²) >= 11 is 0. The molecule has 3 atom stereocenters. The number of carbonyl (C=O) groups is 1. The second-order valence-electron chi connectivity index (χ2n) is 4.68. The smallest absolute Gasteiger partial charge is 0.145 e. The molecular formula is C14H18O. The summed E-state index contributed by atoms with van der Waals surface area (Å²) in [6, 6.07) is 0. The van der Waals surface area contributed by atoms with Gasteiger partial charge in [0.15, 0.2) is 0 Å². The Kier molecular flexibility index (Phi) is 2.90. The molecule has 80 valence electrons. The summed E-state index contributed by atoms with van der Waals surface area (Å²) in [5.41, 5.74) is 2.34. The van der Waals surface area contributed by atoms with Crippen LogP contribution in [0.15, 0.2) is 36.5 Å². The summed E-state index contributed by atoms with van der Waals surface area (Å²) in [6.07, 6.45) is 9.51. The fraction of sp³-hybridized carbons (Fsp3) is 0.500. The third-order valence-electron chi connectivity index (χ3n) is 3.89. The minimum Gasteiger partial charge on any atom is -0.298 e. The van der Waals surface area contributed by atoms with E-state index in [2.05, 4.69) is 19.2 Å². The molecule has 1 nitrogen and oxygen atoms in total. The average molecular weight is 202 g/mol. The molecule has 0 spiro atoms. The molecule has 1 heteroatoms. The van der Waals surface area contributed by atoms with Crippen LogP contribution in [-0.4, -0.2) is 6.29 Å². The largest absolute Gasteiger partial charge is 0.298 e. The summed E-state index contributed by atoms with van der Waals surface area (Å²) in [4.78, 5) is 10.8. The highest BCUT2D eigenvalue weighted by Crippen LogP contribution is 2.44. The van der Waals surface area contributed by atoms with Gasteiger partial charge in [-0.05, 0) is 49.0 Å². The molecule has 1 saturated carbocycles. The molecule has 15 heavy (non-hydrogen) atoms. The van der Waals surface area contributed by atoms with Crippen LogP contribution in [0.3, 0.4) is 0 Å². The van der Waals surface area contributed by atoms with Gasteiger partial charge in [0.25, 0.3) is 0 Å². The minimum atomic E-state index is 0.484. The van der Waals surface area contributed by atoms with Gasteiger partial charge >= 0.3 is 0 Å². The number of hydrogen-bond donors (Lipinski definition) is 0. The van der Waals surface area contributed by atoms with Crippen molar-refractivity contribution < 1.29 is 4.79 Å². The molecule has 0 heterocycles. The Balaban J connectivity index is 2.27. The van der Waals surface area contributed by atoms with Gasteiger partial charge in [-0.25, -0.2) is 0 Å². The van der Waals surface area contributed by atoms with Gasteiger partial charge in [0.2, 0.25) is 0 Å². The number of fused-ring (bicyclic) bond motifs is 1. The van der Waals surface area contributed by atoms with E-state index in [1.807, 2.05) is 6.08 Å². The molecule has 0 aromatic heterocycles. The second kappa shape index (κ2) is 4.18. The fourth-order valence-electron chi connectivity index (χ4n) is 2.96. The van der Waals surface area contributed by atoms with E-state index < -0.39 is 0 Å². The second-order valence-corrected chi connectivity index (χ2v) is 4.68. The van der Waals surface area contributed by atoms with Crippen molar-refractivity contribution in [2.24, 2.45) is 17.8 Å². The summed E-state index contributed by atoms with van der Waals surface area (Å²) in [6.45, 7) is 8.07. The van der Waals surface area contributed by atoms with E-state index in [1.165, 1.54) is 5.57 Å². The van der Waals surface area contributed by atoms with Crippen molar-refractivity contribution in [2.75, 3.05) is 0 Å². The lowest BCUT2D eigenvalue weighted by Crippen LogP contribution is -2.30. The molecular weight excluding hydrogens is 184 g/mol. The van der Waals surface area contributed by atoms with Crippen LogP contribution in [0.4, 0.5) is 0 Å². The molecule has 0 saturated heterocycles. The zero-order valence-corrected chi connectivity index (χ0v) is 9.11. The average Bonchev–Trinajstić information content (AvgIpc) is 2.29. The topological polar surface area (TPSA) is 17.1 Å². The van der Waals surface area contributed by atoms with E-state index >= 15 is 0 Å². The SMILES string of the molecule is C=C[C@@H]1CCC(=C)[C@@H]2CCC(C=O)=C[C@@H]12. The Hall–Kier alpha value is -1.11. The van der Waals surface area contributed by atoms with E-state index in [0.717, 1.165) is 37.5 Å². The van der Waals surface area contributed by atoms with Gasteiger partial charge in [0.1, 0.15) is 6.29 Å². The Morgan fingerprint density at radius 3 is 2.80 bits per heavy atom. The molecule has 2 aliphatic carbocycles. The number of aldehydes is 1. The maximum absolute atomic E-state index is 10.8. The molecule has 0 aliphatic heterocycles. The Labute approximate surface area is 91.6 Å². The zero-order chi connectivity index (χ0) is 10.8. The normalized spacial score (nSPS) is 35.3. The monoisotopic (exact) mass is 202 g/mol. The van der Waals surface area contributed by atoms with E-state index in [9.17, 15) is 4.79 Å². The lowest BCUT2D eigenvalue weighted by molar-refractivity contribution is -0.105. The number of carbonyl (C=O) groups excluding carboxylic acids is 1. The first kappa shape index (κ1) is 10.4. The van der Waals surface area contributed by atoms with Gasteiger partial charge < -0.3 is 0 Å². The van der Waals surface area contributed by atoms with Crippen LogP contribution in [0.1, 0.15) is 25.7 Å². The maximum atomic E-state index is 10.8. The lowest BCUT2D eigenvalue weighted by atomic mass is 9.65. The number of hydrogen-bond acceptors (Lipinski definition) is 1. The van der Waals surface area contributed by atoms with Crippen LogP contribution < -0.4 is 0 Å². The summed E-state index contributed by atoms with van der Waals surface area (Å²) in [5.74, 6) is 1.61. The Morgan fingerprint density at radius 1 is 1.33 bits per heavy atom. The van der Waals surface area contributed by atoms with Crippen LogP contribution in [-0.2, 0) is 4.79 Å². The quantitative estimate of drug-likeness (QED) is 0.496. The molecule has 2 rings (SSSR count). The first-order chi connectivity index (χ1) is 7.26. The fourth-order valence-corrected chi connectivity index (χ4v) is 2.96. The first-order valence-electron chi connectivity index (χ1n) is 5.72. The van der Waals surface area contributed by atoms with Crippen LogP contribution >= 0.6 is 0 Å². The van der Waals surface area contributed by atoms with Crippen molar-refractivity contribution in [2.45, 2.75) is 25.7 Å². The van der Waals surface area contributed by atoms with Crippen molar-refractivity contribution >= 4 is 6.29 Å². The van der Waals surface area contributed by atoms with Gasteiger partial charge in [0.05, 0.1) is 0 Å². The van der Waals surface area contributed by atoms with E-state index in [4.69, 9.17) is 0 Å². The zero-order valence-electron chi connectivity index (χ0n) is 9.11. The third kappa shape index (κ3) is 1.83. The summed E-state index contributed by atoms with van der Waals surface area (Å²) < 4.78 is 0. The third-order valence-corrected chi connectivity index (χ3v) is 3.89. The van der Waals surface area contributed by atoms with Crippen molar-refractivity contribution in [3.63, 3.8) is 0 Å². The van der Waals surface area contributed by atoms with E-state index in [0.29, 0.717) is 17.8 Å². The highest BCUT2D eigenvalue weighted by atomic mass is 16.1. The Bertz CT molecular complexity index is 324. The predicted octanol–water partition coefficient (Wildman–Crippen LogP) is 3.29. The summed E-state index contributed by atoms with van der Waals surface area (Å²) in [5, 5.41) is 0. The number of rotatable bonds is 2. The van der Waals surface area contributed by atoms with Crippen LogP contribution in [0.25, 0.3) is 0 Å². The van der Waals surface area contributed by atoms with Crippen molar-refractivity contribution in [3.8, 4) is 0 Å². The molecule has 0 aromatic rings. The van der Waals surface area contributed by atoms with E-state index in [-0.39, 0.29) is 0 Å². The van der Waals surface area contributed by atoms with Gasteiger partial charge in [-0.1, -0.05) is 24.3 Å². The van der Waals surface area contributed by atoms with E-state index in [1.54, 1.807) is 0 Å². The highest BCUT2D eigenvalue weighted by Gasteiger charge is 2.34. The predicted molar refractivity (Wildman–Crippen MR) is 62.4 cm³/mol. The van der Waals surface area contributed by atoms with Gasteiger partial charge in [-0.3, -0.25) is 4.79 Å². The van der Waals surface area contributed by atoms with Crippen molar-refractivity contribution in [1.82, 2.24) is 0 Å².